The molecule has 1 amide bonds. The fraction of sp³-hybridized carbons (Fsp3) is 0.667. The number of ether oxygens (including phenoxy) is 1. The fourth-order valence-electron chi connectivity index (χ4n) is 1.32. The monoisotopic (exact) mass is 210 g/mol. The highest BCUT2D eigenvalue weighted by atomic mass is 16.6. The molecule has 0 aromatic heterocycles. The van der Waals surface area contributed by atoms with Crippen molar-refractivity contribution in [3.63, 3.8) is 0 Å². The Morgan fingerprint density at radius 3 is 2.73 bits per heavy atom. The number of carbonyl (C=O) groups is 1. The number of hydrogen-bond acceptors (Lipinski definition) is 5. The molecule has 0 saturated carbocycles. The summed E-state index contributed by atoms with van der Waals surface area (Å²) in [7, 11) is 0. The minimum absolute atomic E-state index is 0.276. The Morgan fingerprint density at radius 2 is 2.20 bits per heavy atom. The molecule has 15 heavy (non-hydrogen) atoms. The molecule has 0 unspecified atom stereocenters. The summed E-state index contributed by atoms with van der Waals surface area (Å²) in [5.74, 6) is 0. The molecule has 6 nitrogen and oxygen atoms in total. The van der Waals surface area contributed by atoms with Crippen LogP contribution in [-0.2, 0) is 4.74 Å². The van der Waals surface area contributed by atoms with Gasteiger partial charge in [-0.3, -0.25) is 5.01 Å². The van der Waals surface area contributed by atoms with E-state index in [1.807, 2.05) is 6.07 Å². The predicted octanol–water partition coefficient (Wildman–Crippen LogP) is 0.270. The lowest BCUT2D eigenvalue weighted by atomic mass is 10.4. The second-order valence-electron chi connectivity index (χ2n) is 3.01. The summed E-state index contributed by atoms with van der Waals surface area (Å²) in [6, 6.07) is 1.83. The smallest absolute Gasteiger partial charge is 0.409 e. The number of nitriles is 1. The van der Waals surface area contributed by atoms with Gasteiger partial charge in [0.2, 0.25) is 0 Å². The first-order chi connectivity index (χ1) is 7.27. The summed E-state index contributed by atoms with van der Waals surface area (Å²) in [5.41, 5.74) is 0. The third-order valence-corrected chi connectivity index (χ3v) is 2.06. The van der Waals surface area contributed by atoms with E-state index in [9.17, 15) is 4.79 Å². The Labute approximate surface area is 88.7 Å². The maximum absolute atomic E-state index is 11.3. The van der Waals surface area contributed by atoms with Crippen molar-refractivity contribution >= 4 is 12.3 Å². The summed E-state index contributed by atoms with van der Waals surface area (Å²) in [6.45, 7) is 4.62. The molecule has 0 aromatic carbocycles. The standard InChI is InChI=1S/C9H14N4O2/c1-2-15-9(14)12-5-7-13(8-6-12)11-4-3-10/h4H,2,5-8H2,1H3/b11-4+. The van der Waals surface area contributed by atoms with Crippen molar-refractivity contribution in [3.05, 3.63) is 0 Å². The van der Waals surface area contributed by atoms with Crippen LogP contribution in [-0.4, -0.2) is 55.0 Å². The average molecular weight is 210 g/mol. The van der Waals surface area contributed by atoms with Gasteiger partial charge < -0.3 is 9.64 Å². The molecule has 0 bridgehead atoms. The Bertz CT molecular complexity index is 276. The zero-order valence-electron chi connectivity index (χ0n) is 8.72. The van der Waals surface area contributed by atoms with Gasteiger partial charge in [0, 0.05) is 13.1 Å². The van der Waals surface area contributed by atoms with Gasteiger partial charge in [-0.15, -0.1) is 0 Å². The van der Waals surface area contributed by atoms with Crippen LogP contribution in [0.5, 0.6) is 0 Å². The molecule has 0 spiro atoms. The topological polar surface area (TPSA) is 68.9 Å². The van der Waals surface area contributed by atoms with Crippen molar-refractivity contribution in [1.29, 1.82) is 5.26 Å². The van der Waals surface area contributed by atoms with E-state index in [1.165, 1.54) is 6.21 Å². The van der Waals surface area contributed by atoms with Crippen molar-refractivity contribution in [3.8, 4) is 6.07 Å². The largest absolute Gasteiger partial charge is 0.450 e. The Balaban J connectivity index is 2.33. The highest BCUT2D eigenvalue weighted by Gasteiger charge is 2.20. The van der Waals surface area contributed by atoms with Crippen molar-refractivity contribution in [1.82, 2.24) is 9.91 Å². The van der Waals surface area contributed by atoms with E-state index >= 15 is 0 Å². The molecule has 1 rings (SSSR count). The van der Waals surface area contributed by atoms with Crippen LogP contribution >= 0.6 is 0 Å². The van der Waals surface area contributed by atoms with E-state index < -0.39 is 0 Å². The molecule has 0 atom stereocenters. The number of nitrogens with zero attached hydrogens (tertiary/aromatic N) is 4. The van der Waals surface area contributed by atoms with Gasteiger partial charge in [-0.25, -0.2) is 4.79 Å². The van der Waals surface area contributed by atoms with E-state index in [4.69, 9.17) is 10.00 Å². The van der Waals surface area contributed by atoms with Crippen LogP contribution in [0.2, 0.25) is 0 Å². The first-order valence-corrected chi connectivity index (χ1v) is 4.86. The number of hydrogen-bond donors (Lipinski definition) is 0. The number of piperazine rings is 1. The molecular weight excluding hydrogens is 196 g/mol. The summed E-state index contributed by atoms with van der Waals surface area (Å²) in [5, 5.41) is 14.0. The highest BCUT2D eigenvalue weighted by Crippen LogP contribution is 2.03. The molecule has 6 heteroatoms. The molecule has 0 N–H and O–H groups in total. The molecule has 1 aliphatic rings. The quantitative estimate of drug-likeness (QED) is 0.613. The predicted molar refractivity (Wildman–Crippen MR) is 54.3 cm³/mol. The van der Waals surface area contributed by atoms with Gasteiger partial charge in [-0.1, -0.05) is 0 Å². The lowest BCUT2D eigenvalue weighted by Crippen LogP contribution is -2.47. The fourth-order valence-corrected chi connectivity index (χ4v) is 1.32. The molecule has 1 heterocycles. The SMILES string of the molecule is CCOC(=O)N1CCN(/N=C/C#N)CC1. The first kappa shape index (κ1) is 11.3. The lowest BCUT2D eigenvalue weighted by molar-refractivity contribution is 0.0808. The lowest BCUT2D eigenvalue weighted by Gasteiger charge is -2.31. The molecule has 0 aromatic rings. The third-order valence-electron chi connectivity index (χ3n) is 2.06. The second kappa shape index (κ2) is 5.86. The van der Waals surface area contributed by atoms with Crippen molar-refractivity contribution in [2.24, 2.45) is 5.10 Å². The van der Waals surface area contributed by atoms with Crippen molar-refractivity contribution in [2.75, 3.05) is 32.8 Å². The van der Waals surface area contributed by atoms with Gasteiger partial charge >= 0.3 is 6.09 Å². The van der Waals surface area contributed by atoms with Crippen LogP contribution in [0.1, 0.15) is 6.92 Å². The van der Waals surface area contributed by atoms with E-state index in [-0.39, 0.29) is 6.09 Å². The number of amides is 1. The van der Waals surface area contributed by atoms with Gasteiger partial charge in [-0.05, 0) is 6.92 Å². The summed E-state index contributed by atoms with van der Waals surface area (Å²) in [4.78, 5) is 13.0. The Morgan fingerprint density at radius 1 is 1.53 bits per heavy atom. The Hall–Kier alpha value is -1.77. The molecule has 0 radical (unpaired) electrons. The van der Waals surface area contributed by atoms with E-state index in [0.29, 0.717) is 32.8 Å². The molecular formula is C9H14N4O2. The third kappa shape index (κ3) is 3.46. The summed E-state index contributed by atoms with van der Waals surface area (Å²) in [6.07, 6.45) is 0.918. The zero-order chi connectivity index (χ0) is 11.1. The van der Waals surface area contributed by atoms with Gasteiger partial charge in [0.1, 0.15) is 12.3 Å². The van der Waals surface area contributed by atoms with Crippen LogP contribution in [0.4, 0.5) is 4.79 Å². The summed E-state index contributed by atoms with van der Waals surface area (Å²) >= 11 is 0. The molecule has 0 aliphatic carbocycles. The maximum Gasteiger partial charge on any atom is 0.409 e. The van der Waals surface area contributed by atoms with Gasteiger partial charge in [0.05, 0.1) is 19.7 Å². The van der Waals surface area contributed by atoms with Crippen LogP contribution in [0, 0.1) is 11.3 Å². The van der Waals surface area contributed by atoms with E-state index in [1.54, 1.807) is 16.8 Å². The van der Waals surface area contributed by atoms with E-state index in [0.717, 1.165) is 0 Å². The number of carbonyl (C=O) groups excluding carboxylic acids is 1. The minimum atomic E-state index is -0.276. The second-order valence-corrected chi connectivity index (χ2v) is 3.01. The zero-order valence-corrected chi connectivity index (χ0v) is 8.72. The maximum atomic E-state index is 11.3. The number of hydrazone groups is 1. The normalized spacial score (nSPS) is 16.5. The molecule has 1 aliphatic heterocycles. The number of rotatable bonds is 2. The molecule has 1 fully saturated rings. The van der Waals surface area contributed by atoms with Gasteiger partial charge in [0.25, 0.3) is 0 Å². The van der Waals surface area contributed by atoms with Crippen LogP contribution in [0.3, 0.4) is 0 Å². The first-order valence-electron chi connectivity index (χ1n) is 4.86. The van der Waals surface area contributed by atoms with Gasteiger partial charge in [0.15, 0.2) is 0 Å². The minimum Gasteiger partial charge on any atom is -0.450 e. The van der Waals surface area contributed by atoms with Crippen molar-refractivity contribution in [2.45, 2.75) is 6.92 Å². The molecule has 1 saturated heterocycles. The van der Waals surface area contributed by atoms with Crippen molar-refractivity contribution < 1.29 is 9.53 Å². The van der Waals surface area contributed by atoms with Crippen LogP contribution in [0.25, 0.3) is 0 Å². The summed E-state index contributed by atoms with van der Waals surface area (Å²) < 4.78 is 4.88. The average Bonchev–Trinajstić information content (AvgIpc) is 2.27. The van der Waals surface area contributed by atoms with E-state index in [2.05, 4.69) is 5.10 Å². The van der Waals surface area contributed by atoms with Crippen LogP contribution in [0.15, 0.2) is 5.10 Å². The van der Waals surface area contributed by atoms with Crippen LogP contribution < -0.4 is 0 Å². The van der Waals surface area contributed by atoms with Gasteiger partial charge in [-0.2, -0.15) is 10.4 Å². The molecule has 82 valence electrons. The highest BCUT2D eigenvalue weighted by molar-refractivity contribution is 5.74. The Kier molecular flexibility index (Phi) is 4.41.